The van der Waals surface area contributed by atoms with Gasteiger partial charge in [-0.15, -0.1) is 0 Å². The minimum atomic E-state index is 0.996. The molecule has 0 amide bonds. The first-order chi connectivity index (χ1) is 7.93. The third kappa shape index (κ3) is 1.57. The number of hydrogen-bond acceptors (Lipinski definition) is 1. The fourth-order valence-corrected chi connectivity index (χ4v) is 1.79. The van der Waals surface area contributed by atoms with Gasteiger partial charge in [0.25, 0.3) is 0 Å². The van der Waals surface area contributed by atoms with E-state index < -0.39 is 0 Å². The van der Waals surface area contributed by atoms with Gasteiger partial charge in [-0.2, -0.15) is 0 Å². The van der Waals surface area contributed by atoms with E-state index in [-0.39, 0.29) is 0 Å². The highest BCUT2D eigenvalue weighted by Gasteiger charge is 1.99. The van der Waals surface area contributed by atoms with E-state index in [1.165, 1.54) is 10.8 Å². The second-order valence-electron chi connectivity index (χ2n) is 3.71. The van der Waals surface area contributed by atoms with Crippen LogP contribution in [0, 0.1) is 6.07 Å². The number of hydrogen-bond donors (Lipinski definition) is 0. The Kier molecular flexibility index (Phi) is 2.15. The van der Waals surface area contributed by atoms with Crippen LogP contribution in [0.15, 0.2) is 60.8 Å². The predicted octanol–water partition coefficient (Wildman–Crippen LogP) is 3.70. The first-order valence-corrected chi connectivity index (χ1v) is 5.25. The molecule has 1 nitrogen and oxygen atoms in total. The molecule has 1 heteroatoms. The van der Waals surface area contributed by atoms with Crippen molar-refractivity contribution in [3.63, 3.8) is 0 Å². The van der Waals surface area contributed by atoms with E-state index in [9.17, 15) is 0 Å². The quantitative estimate of drug-likeness (QED) is 0.589. The first-order valence-electron chi connectivity index (χ1n) is 5.25. The highest BCUT2D eigenvalue weighted by Crippen LogP contribution is 2.21. The van der Waals surface area contributed by atoms with Gasteiger partial charge in [0.1, 0.15) is 0 Å². The van der Waals surface area contributed by atoms with Crippen LogP contribution in [0.3, 0.4) is 0 Å². The van der Waals surface area contributed by atoms with Crippen LogP contribution >= 0.6 is 0 Å². The molecule has 0 bridgehead atoms. The molecule has 16 heavy (non-hydrogen) atoms. The molecule has 0 spiro atoms. The summed E-state index contributed by atoms with van der Waals surface area (Å²) in [5.74, 6) is 0. The predicted molar refractivity (Wildman–Crippen MR) is 66.0 cm³/mol. The fourth-order valence-electron chi connectivity index (χ4n) is 1.79. The third-order valence-corrected chi connectivity index (χ3v) is 2.63. The normalized spacial score (nSPS) is 10.5. The lowest BCUT2D eigenvalue weighted by Gasteiger charge is -2.02. The van der Waals surface area contributed by atoms with Crippen molar-refractivity contribution in [2.24, 2.45) is 0 Å². The monoisotopic (exact) mass is 204 g/mol. The Morgan fingerprint density at radius 2 is 1.81 bits per heavy atom. The van der Waals surface area contributed by atoms with Crippen molar-refractivity contribution in [3.8, 4) is 11.3 Å². The highest BCUT2D eigenvalue weighted by atomic mass is 14.7. The van der Waals surface area contributed by atoms with Gasteiger partial charge in [-0.1, -0.05) is 42.5 Å². The summed E-state index contributed by atoms with van der Waals surface area (Å²) in [5, 5.41) is 2.39. The second-order valence-corrected chi connectivity index (χ2v) is 3.71. The zero-order valence-electron chi connectivity index (χ0n) is 8.72. The van der Waals surface area contributed by atoms with Crippen LogP contribution in [0.1, 0.15) is 0 Å². The summed E-state index contributed by atoms with van der Waals surface area (Å²) < 4.78 is 0. The Morgan fingerprint density at radius 3 is 2.62 bits per heavy atom. The molecular weight excluding hydrogens is 194 g/mol. The minimum Gasteiger partial charge on any atom is -0.256 e. The maximum atomic E-state index is 4.46. The Morgan fingerprint density at radius 1 is 0.938 bits per heavy atom. The number of benzene rings is 2. The maximum Gasteiger partial charge on any atom is 0.0708 e. The summed E-state index contributed by atoms with van der Waals surface area (Å²) in [5.41, 5.74) is 2.10. The van der Waals surface area contributed by atoms with Crippen molar-refractivity contribution in [1.82, 2.24) is 4.98 Å². The zero-order chi connectivity index (χ0) is 10.8. The van der Waals surface area contributed by atoms with Gasteiger partial charge in [0.15, 0.2) is 0 Å². The first kappa shape index (κ1) is 9.10. The Labute approximate surface area is 94.4 Å². The minimum absolute atomic E-state index is 0.996. The fraction of sp³-hybridized carbons (Fsp3) is 0. The third-order valence-electron chi connectivity index (χ3n) is 2.63. The molecule has 0 fully saturated rings. The number of nitrogens with zero attached hydrogens (tertiary/aromatic N) is 1. The molecule has 1 radical (unpaired) electrons. The SMILES string of the molecule is [c]1cccc(-c2cc3ccccc3cn2)c1. The van der Waals surface area contributed by atoms with Crippen molar-refractivity contribution in [1.29, 1.82) is 0 Å². The molecule has 0 atom stereocenters. The van der Waals surface area contributed by atoms with Crippen LogP contribution in [-0.4, -0.2) is 4.98 Å². The number of aromatic nitrogens is 1. The van der Waals surface area contributed by atoms with Gasteiger partial charge in [0, 0.05) is 17.1 Å². The molecule has 0 saturated heterocycles. The molecule has 0 saturated carbocycles. The summed E-state index contributed by atoms with van der Waals surface area (Å²) in [4.78, 5) is 4.46. The average molecular weight is 204 g/mol. The molecule has 3 aromatic rings. The molecule has 0 aliphatic carbocycles. The van der Waals surface area contributed by atoms with Crippen LogP contribution in [0.4, 0.5) is 0 Å². The lowest BCUT2D eigenvalue weighted by Crippen LogP contribution is -1.83. The van der Waals surface area contributed by atoms with Gasteiger partial charge in [0.2, 0.25) is 0 Å². The zero-order valence-corrected chi connectivity index (χ0v) is 8.72. The highest BCUT2D eigenvalue weighted by molar-refractivity contribution is 5.85. The van der Waals surface area contributed by atoms with Crippen molar-refractivity contribution in [2.75, 3.05) is 0 Å². The van der Waals surface area contributed by atoms with E-state index in [0.29, 0.717) is 0 Å². The summed E-state index contributed by atoms with van der Waals surface area (Å²) in [6.07, 6.45) is 1.91. The maximum absolute atomic E-state index is 4.46. The van der Waals surface area contributed by atoms with Crippen LogP contribution in [0.2, 0.25) is 0 Å². The summed E-state index contributed by atoms with van der Waals surface area (Å²) in [6, 6.07) is 21.3. The summed E-state index contributed by atoms with van der Waals surface area (Å²) in [6.45, 7) is 0. The van der Waals surface area contributed by atoms with Gasteiger partial charge in [-0.05, 0) is 23.6 Å². The van der Waals surface area contributed by atoms with Crippen LogP contribution in [0.25, 0.3) is 22.0 Å². The topological polar surface area (TPSA) is 12.9 Å². The van der Waals surface area contributed by atoms with Gasteiger partial charge in [0.05, 0.1) is 5.69 Å². The van der Waals surface area contributed by atoms with Crippen molar-refractivity contribution >= 4 is 10.8 Å². The molecule has 0 aliphatic rings. The largest absolute Gasteiger partial charge is 0.256 e. The molecular formula is C15H10N. The second kappa shape index (κ2) is 3.78. The van der Waals surface area contributed by atoms with Gasteiger partial charge in [-0.25, -0.2) is 0 Å². The lowest BCUT2D eigenvalue weighted by molar-refractivity contribution is 1.36. The van der Waals surface area contributed by atoms with E-state index in [2.05, 4.69) is 29.2 Å². The molecule has 1 heterocycles. The molecule has 0 aliphatic heterocycles. The van der Waals surface area contributed by atoms with Crippen molar-refractivity contribution in [3.05, 3.63) is 66.9 Å². The number of rotatable bonds is 1. The summed E-state index contributed by atoms with van der Waals surface area (Å²) in [7, 11) is 0. The molecule has 3 rings (SSSR count). The molecule has 1 aromatic heterocycles. The van der Waals surface area contributed by atoms with Crippen LogP contribution in [0.5, 0.6) is 0 Å². The van der Waals surface area contributed by atoms with Crippen molar-refractivity contribution in [2.45, 2.75) is 0 Å². The van der Waals surface area contributed by atoms with E-state index >= 15 is 0 Å². The standard InChI is InChI=1S/C15H10N/c1-2-6-12(7-3-1)15-10-13-8-4-5-9-14(13)11-16-15/h1-2,4-11H. The van der Waals surface area contributed by atoms with E-state index in [0.717, 1.165) is 11.3 Å². The van der Waals surface area contributed by atoms with Crippen molar-refractivity contribution < 1.29 is 0 Å². The Bertz CT molecular complexity index is 614. The van der Waals surface area contributed by atoms with Crippen LogP contribution in [-0.2, 0) is 0 Å². The summed E-state index contributed by atoms with van der Waals surface area (Å²) >= 11 is 0. The average Bonchev–Trinajstić information content (AvgIpc) is 2.39. The number of pyridine rings is 1. The molecule has 0 unspecified atom stereocenters. The molecule has 2 aromatic carbocycles. The van der Waals surface area contributed by atoms with E-state index in [4.69, 9.17) is 0 Å². The molecule has 0 N–H and O–H groups in total. The van der Waals surface area contributed by atoms with Gasteiger partial charge in [-0.3, -0.25) is 4.98 Å². The lowest BCUT2D eigenvalue weighted by atomic mass is 10.1. The smallest absolute Gasteiger partial charge is 0.0708 e. The van der Waals surface area contributed by atoms with Gasteiger partial charge >= 0.3 is 0 Å². The Balaban J connectivity index is 2.19. The van der Waals surface area contributed by atoms with E-state index in [1.54, 1.807) is 0 Å². The van der Waals surface area contributed by atoms with E-state index in [1.807, 2.05) is 42.6 Å². The van der Waals surface area contributed by atoms with Crippen LogP contribution < -0.4 is 0 Å². The molecule has 75 valence electrons. The number of fused-ring (bicyclic) bond motifs is 1. The Hall–Kier alpha value is -2.15. The van der Waals surface area contributed by atoms with Gasteiger partial charge < -0.3 is 0 Å².